The topological polar surface area (TPSA) is 95.8 Å². The molecular formula is C28H33B4ClFN3O4. The van der Waals surface area contributed by atoms with E-state index >= 15 is 4.39 Å². The third-order valence-corrected chi connectivity index (χ3v) is 9.13. The molecule has 0 unspecified atom stereocenters. The molecule has 1 aliphatic carbocycles. The van der Waals surface area contributed by atoms with Gasteiger partial charge in [0.15, 0.2) is 5.72 Å². The molecule has 1 amide bonds. The van der Waals surface area contributed by atoms with Crippen LogP contribution in [0.5, 0.6) is 0 Å². The number of rotatable bonds is 8. The van der Waals surface area contributed by atoms with E-state index in [0.717, 1.165) is 0 Å². The standard InChI is InChI=1S/C28H33B4ClFN3O4/c1-15-4-9-19(36-35-15)14-37-23(38)20-12-17(24(2,3)39)13-21(34)22(20)26(37,16-5-7-18(33)8-6-16)41-28(31,32)25(10-11-25)27(29,30)40/h4-9,12-13,39-40H,10-11,14,29-32H2,1-3H3/t26-/m1/s1. The first-order valence-corrected chi connectivity index (χ1v) is 14.2. The van der Waals surface area contributed by atoms with Crippen molar-refractivity contribution in [2.24, 2.45) is 5.41 Å². The second kappa shape index (κ2) is 9.69. The van der Waals surface area contributed by atoms with E-state index in [1.165, 1.54) is 17.0 Å². The summed E-state index contributed by atoms with van der Waals surface area (Å²) in [6.07, 6.45) is 1.40. The molecular weight excluding hydrogens is 540 g/mol. The summed E-state index contributed by atoms with van der Waals surface area (Å²) in [4.78, 5) is 15.8. The van der Waals surface area contributed by atoms with Crippen LogP contribution in [0.1, 0.15) is 65.1 Å². The van der Waals surface area contributed by atoms with Gasteiger partial charge in [0.2, 0.25) is 0 Å². The fourth-order valence-corrected chi connectivity index (χ4v) is 6.56. The first-order valence-electron chi connectivity index (χ1n) is 13.8. The zero-order valence-electron chi connectivity index (χ0n) is 24.5. The Kier molecular flexibility index (Phi) is 7.05. The number of aliphatic hydroxyl groups is 2. The molecule has 2 N–H and O–H groups in total. The van der Waals surface area contributed by atoms with Gasteiger partial charge in [0.05, 0.1) is 34.7 Å². The summed E-state index contributed by atoms with van der Waals surface area (Å²) < 4.78 is 23.7. The van der Waals surface area contributed by atoms with E-state index in [-0.39, 0.29) is 23.2 Å². The Bertz CT molecular complexity index is 1510. The van der Waals surface area contributed by atoms with Crippen molar-refractivity contribution in [1.29, 1.82) is 0 Å². The van der Waals surface area contributed by atoms with E-state index in [1.54, 1.807) is 65.9 Å². The molecule has 0 radical (unpaired) electrons. The van der Waals surface area contributed by atoms with Crippen LogP contribution in [0.3, 0.4) is 0 Å². The minimum atomic E-state index is -1.75. The second-order valence-electron chi connectivity index (χ2n) is 12.9. The van der Waals surface area contributed by atoms with Gasteiger partial charge in [0.1, 0.15) is 37.2 Å². The van der Waals surface area contributed by atoms with Crippen LogP contribution < -0.4 is 0 Å². The number of nitrogens with zero attached hydrogens (tertiary/aromatic N) is 3. The smallest absolute Gasteiger partial charge is 0.257 e. The summed E-state index contributed by atoms with van der Waals surface area (Å²) in [5.74, 6) is -1.17. The minimum Gasteiger partial charge on any atom is -0.407 e. The average molecular weight is 573 g/mol. The van der Waals surface area contributed by atoms with Crippen LogP contribution in [0.15, 0.2) is 48.5 Å². The molecule has 1 fully saturated rings. The lowest BCUT2D eigenvalue weighted by Crippen LogP contribution is -2.62. The summed E-state index contributed by atoms with van der Waals surface area (Å²) in [5, 5.41) is 28.8. The van der Waals surface area contributed by atoms with Gasteiger partial charge in [-0.05, 0) is 81.0 Å². The monoisotopic (exact) mass is 573 g/mol. The van der Waals surface area contributed by atoms with Crippen LogP contribution in [0.2, 0.25) is 5.02 Å². The molecule has 2 aliphatic rings. The SMILES string of the molecule is BC(B)(O)C1(C(B)(B)O[C@]2(c3ccc(Cl)cc3)c3c(F)cc(C(C)(C)O)cc3C(=O)N2Cc2ccc(C)nn2)CC1. The third-order valence-electron chi connectivity index (χ3n) is 8.88. The quantitative estimate of drug-likeness (QED) is 0.377. The van der Waals surface area contributed by atoms with Crippen LogP contribution in [0, 0.1) is 18.2 Å². The molecule has 0 spiro atoms. The van der Waals surface area contributed by atoms with Crippen molar-refractivity contribution in [3.63, 3.8) is 0 Å². The molecule has 7 nitrogen and oxygen atoms in total. The fraction of sp³-hybridized carbons (Fsp3) is 0.393. The summed E-state index contributed by atoms with van der Waals surface area (Å²) in [7, 11) is 7.27. The number of hydrogen-bond acceptors (Lipinski definition) is 6. The van der Waals surface area contributed by atoms with E-state index < -0.39 is 39.3 Å². The van der Waals surface area contributed by atoms with Gasteiger partial charge in [0.25, 0.3) is 5.91 Å². The number of carbonyl (C=O) groups excluding carboxylic acids is 1. The maximum absolute atomic E-state index is 16.5. The lowest BCUT2D eigenvalue weighted by Gasteiger charge is -2.51. The molecule has 5 rings (SSSR count). The molecule has 41 heavy (non-hydrogen) atoms. The lowest BCUT2D eigenvalue weighted by molar-refractivity contribution is -0.169. The fourth-order valence-electron chi connectivity index (χ4n) is 6.44. The normalized spacial score (nSPS) is 20.3. The molecule has 210 valence electrons. The minimum absolute atomic E-state index is 0.0354. The average Bonchev–Trinajstić information content (AvgIpc) is 3.66. The van der Waals surface area contributed by atoms with E-state index in [9.17, 15) is 15.0 Å². The van der Waals surface area contributed by atoms with Crippen molar-refractivity contribution in [1.82, 2.24) is 15.1 Å². The molecule has 3 aromatic rings. The van der Waals surface area contributed by atoms with Gasteiger partial charge in [-0.3, -0.25) is 9.69 Å². The Hall–Kier alpha value is -2.65. The molecule has 1 aromatic heterocycles. The van der Waals surface area contributed by atoms with E-state index in [0.29, 0.717) is 34.8 Å². The van der Waals surface area contributed by atoms with Crippen LogP contribution in [-0.2, 0) is 22.6 Å². The Morgan fingerprint density at radius 3 is 2.20 bits per heavy atom. The summed E-state index contributed by atoms with van der Waals surface area (Å²) in [5.41, 5.74) is -1.72. The Morgan fingerprint density at radius 1 is 1.05 bits per heavy atom. The molecule has 2 heterocycles. The van der Waals surface area contributed by atoms with Crippen molar-refractivity contribution in [3.8, 4) is 0 Å². The highest BCUT2D eigenvalue weighted by Gasteiger charge is 2.66. The van der Waals surface area contributed by atoms with Crippen molar-refractivity contribution in [3.05, 3.63) is 93.0 Å². The van der Waals surface area contributed by atoms with E-state index in [4.69, 9.17) is 16.3 Å². The van der Waals surface area contributed by atoms with Crippen LogP contribution in [0.4, 0.5) is 4.39 Å². The van der Waals surface area contributed by atoms with Gasteiger partial charge in [-0.2, -0.15) is 10.2 Å². The molecule has 1 saturated carbocycles. The van der Waals surface area contributed by atoms with Crippen molar-refractivity contribution >= 4 is 48.9 Å². The number of aromatic nitrogens is 2. The highest BCUT2D eigenvalue weighted by atomic mass is 35.5. The maximum Gasteiger partial charge on any atom is 0.257 e. The molecule has 13 heteroatoms. The number of benzene rings is 2. The zero-order valence-corrected chi connectivity index (χ0v) is 25.3. The number of amides is 1. The van der Waals surface area contributed by atoms with Crippen LogP contribution in [-0.4, -0.2) is 73.4 Å². The van der Waals surface area contributed by atoms with Gasteiger partial charge < -0.3 is 14.9 Å². The highest BCUT2D eigenvalue weighted by molar-refractivity contribution is 6.45. The van der Waals surface area contributed by atoms with Crippen molar-refractivity contribution in [2.75, 3.05) is 0 Å². The second-order valence-corrected chi connectivity index (χ2v) is 13.3. The number of hydrogen-bond donors (Lipinski definition) is 2. The Morgan fingerprint density at radius 2 is 1.68 bits per heavy atom. The predicted molar refractivity (Wildman–Crippen MR) is 165 cm³/mol. The first kappa shape index (κ1) is 29.8. The van der Waals surface area contributed by atoms with Gasteiger partial charge in [0, 0.05) is 21.4 Å². The zero-order chi connectivity index (χ0) is 30.2. The third kappa shape index (κ3) is 4.83. The summed E-state index contributed by atoms with van der Waals surface area (Å²) >= 11 is 6.28. The van der Waals surface area contributed by atoms with Crippen LogP contribution >= 0.6 is 11.6 Å². The van der Waals surface area contributed by atoms with Crippen LogP contribution in [0.25, 0.3) is 0 Å². The predicted octanol–water partition coefficient (Wildman–Crippen LogP) is 0.291. The molecule has 2 aromatic carbocycles. The largest absolute Gasteiger partial charge is 0.407 e. The van der Waals surface area contributed by atoms with E-state index in [1.807, 2.05) is 22.6 Å². The lowest BCUT2D eigenvalue weighted by atomic mass is 9.43. The highest BCUT2D eigenvalue weighted by Crippen LogP contribution is 2.61. The van der Waals surface area contributed by atoms with Gasteiger partial charge in [-0.15, -0.1) is 0 Å². The molecule has 0 bridgehead atoms. The van der Waals surface area contributed by atoms with Gasteiger partial charge in [-0.25, -0.2) is 4.39 Å². The molecule has 0 saturated heterocycles. The number of aryl methyl sites for hydroxylation is 1. The van der Waals surface area contributed by atoms with Crippen molar-refractivity contribution < 1.29 is 24.1 Å². The summed E-state index contributed by atoms with van der Waals surface area (Å²) in [6, 6.07) is 13.2. The first-order chi connectivity index (χ1) is 18.9. The summed E-state index contributed by atoms with van der Waals surface area (Å²) in [6.45, 7) is 4.86. The molecule has 1 atom stereocenters. The maximum atomic E-state index is 16.5. The van der Waals surface area contributed by atoms with Gasteiger partial charge in [-0.1, -0.05) is 23.7 Å². The Labute approximate surface area is 248 Å². The number of ether oxygens (including phenoxy) is 1. The number of carbonyl (C=O) groups is 1. The van der Waals surface area contributed by atoms with E-state index in [2.05, 4.69) is 10.2 Å². The number of halogens is 2. The number of fused-ring (bicyclic) bond motifs is 1. The molecule has 1 aliphatic heterocycles. The van der Waals surface area contributed by atoms with Gasteiger partial charge >= 0.3 is 0 Å². The van der Waals surface area contributed by atoms with Crippen molar-refractivity contribution in [2.45, 2.75) is 62.3 Å². The Balaban J connectivity index is 1.81.